The molecule has 0 heterocycles. The Morgan fingerprint density at radius 3 is 2.36 bits per heavy atom. The second-order valence-electron chi connectivity index (χ2n) is 2.65. The molecule has 0 unspecified atom stereocenters. The van der Waals surface area contributed by atoms with E-state index in [1.165, 1.54) is 6.07 Å². The first-order valence-corrected chi connectivity index (χ1v) is 6.20. The van der Waals surface area contributed by atoms with E-state index in [1.54, 1.807) is 6.92 Å². The number of hydrogen-bond acceptors (Lipinski definition) is 3. The highest BCUT2D eigenvalue weighted by molar-refractivity contribution is 8.13. The fourth-order valence-corrected chi connectivity index (χ4v) is 2.21. The summed E-state index contributed by atoms with van der Waals surface area (Å²) in [6, 6.07) is 4.35. The third-order valence-corrected chi connectivity index (χ3v) is 3.29. The molecule has 14 heavy (non-hydrogen) atoms. The van der Waals surface area contributed by atoms with Crippen molar-refractivity contribution in [3.8, 4) is 6.07 Å². The number of rotatable bonds is 1. The van der Waals surface area contributed by atoms with Crippen molar-refractivity contribution in [2.24, 2.45) is 0 Å². The van der Waals surface area contributed by atoms with Gasteiger partial charge in [0.15, 0.2) is 0 Å². The molecule has 1 aromatic rings. The van der Waals surface area contributed by atoms with E-state index in [0.717, 1.165) is 6.07 Å². The Kier molecular flexibility index (Phi) is 3.05. The summed E-state index contributed by atoms with van der Waals surface area (Å²) in [5.41, 5.74) is 0.745. The van der Waals surface area contributed by atoms with Gasteiger partial charge in [-0.15, -0.1) is 0 Å². The van der Waals surface area contributed by atoms with Crippen LogP contribution in [0.3, 0.4) is 0 Å². The van der Waals surface area contributed by atoms with Crippen LogP contribution in [0.5, 0.6) is 0 Å². The SMILES string of the molecule is Cc1cc(S(=O)(=O)Cl)cc(Cl)c1C#N. The van der Waals surface area contributed by atoms with Crippen molar-refractivity contribution in [2.75, 3.05) is 0 Å². The monoisotopic (exact) mass is 249 g/mol. The van der Waals surface area contributed by atoms with Crippen LogP contribution < -0.4 is 0 Å². The molecule has 1 aromatic carbocycles. The minimum Gasteiger partial charge on any atom is -0.207 e. The summed E-state index contributed by atoms with van der Waals surface area (Å²) in [4.78, 5) is -0.0966. The van der Waals surface area contributed by atoms with E-state index in [-0.39, 0.29) is 15.5 Å². The summed E-state index contributed by atoms with van der Waals surface area (Å²) < 4.78 is 21.9. The maximum Gasteiger partial charge on any atom is 0.261 e. The molecule has 6 heteroatoms. The van der Waals surface area contributed by atoms with Gasteiger partial charge in [0.1, 0.15) is 6.07 Å². The number of benzene rings is 1. The van der Waals surface area contributed by atoms with E-state index in [4.69, 9.17) is 27.5 Å². The molecule has 0 bridgehead atoms. The third-order valence-electron chi connectivity index (χ3n) is 1.65. The average molecular weight is 250 g/mol. The second-order valence-corrected chi connectivity index (χ2v) is 5.62. The minimum atomic E-state index is -3.79. The van der Waals surface area contributed by atoms with Crippen LogP contribution in [0, 0.1) is 18.3 Å². The van der Waals surface area contributed by atoms with Gasteiger partial charge in [0.05, 0.1) is 15.5 Å². The Morgan fingerprint density at radius 1 is 1.43 bits per heavy atom. The predicted molar refractivity (Wildman–Crippen MR) is 53.9 cm³/mol. The summed E-state index contributed by atoms with van der Waals surface area (Å²) in [7, 11) is 1.33. The summed E-state index contributed by atoms with van der Waals surface area (Å²) in [6.07, 6.45) is 0. The van der Waals surface area contributed by atoms with Crippen molar-refractivity contribution in [3.05, 3.63) is 28.3 Å². The Balaban J connectivity index is 3.53. The first kappa shape index (κ1) is 11.3. The minimum absolute atomic E-state index is 0.0896. The van der Waals surface area contributed by atoms with Crippen molar-refractivity contribution >= 4 is 31.3 Å². The maximum absolute atomic E-state index is 11.0. The Morgan fingerprint density at radius 2 is 2.00 bits per heavy atom. The van der Waals surface area contributed by atoms with Crippen LogP contribution in [0.2, 0.25) is 5.02 Å². The Bertz CT molecular complexity index is 494. The van der Waals surface area contributed by atoms with Crippen LogP contribution in [0.4, 0.5) is 0 Å². The molecule has 0 atom stereocenters. The van der Waals surface area contributed by atoms with Crippen LogP contribution in [0.1, 0.15) is 11.1 Å². The molecule has 0 aliphatic carbocycles. The molecule has 0 aliphatic heterocycles. The lowest BCUT2D eigenvalue weighted by molar-refractivity contribution is 0.609. The largest absolute Gasteiger partial charge is 0.261 e. The van der Waals surface area contributed by atoms with Crippen LogP contribution in [-0.4, -0.2) is 8.42 Å². The summed E-state index contributed by atoms with van der Waals surface area (Å²) >= 11 is 5.70. The lowest BCUT2D eigenvalue weighted by Crippen LogP contribution is -1.94. The highest BCUT2D eigenvalue weighted by Crippen LogP contribution is 2.25. The number of hydrogen-bond donors (Lipinski definition) is 0. The van der Waals surface area contributed by atoms with E-state index < -0.39 is 9.05 Å². The van der Waals surface area contributed by atoms with E-state index in [2.05, 4.69) is 0 Å². The highest BCUT2D eigenvalue weighted by Gasteiger charge is 2.14. The smallest absolute Gasteiger partial charge is 0.207 e. The van der Waals surface area contributed by atoms with Crippen molar-refractivity contribution in [1.82, 2.24) is 0 Å². The number of nitriles is 1. The molecule has 3 nitrogen and oxygen atoms in total. The average Bonchev–Trinajstić information content (AvgIpc) is 2.01. The summed E-state index contributed by atoms with van der Waals surface area (Å²) in [5, 5.41) is 8.77. The third kappa shape index (κ3) is 2.18. The van der Waals surface area contributed by atoms with Crippen molar-refractivity contribution in [1.29, 1.82) is 5.26 Å². The Hall–Kier alpha value is -0.760. The van der Waals surface area contributed by atoms with Gasteiger partial charge in [-0.3, -0.25) is 0 Å². The van der Waals surface area contributed by atoms with E-state index in [0.29, 0.717) is 5.56 Å². The molecule has 0 spiro atoms. The topological polar surface area (TPSA) is 57.9 Å². The second kappa shape index (κ2) is 3.77. The molecular formula is C8H5Cl2NO2S. The van der Waals surface area contributed by atoms with Crippen molar-refractivity contribution in [2.45, 2.75) is 11.8 Å². The number of aryl methyl sites for hydroxylation is 1. The van der Waals surface area contributed by atoms with Gasteiger partial charge < -0.3 is 0 Å². The maximum atomic E-state index is 11.0. The Labute approximate surface area is 91.3 Å². The highest BCUT2D eigenvalue weighted by atomic mass is 35.7. The van der Waals surface area contributed by atoms with Crippen LogP contribution in [0.25, 0.3) is 0 Å². The van der Waals surface area contributed by atoms with Gasteiger partial charge in [-0.2, -0.15) is 5.26 Å². The molecular weight excluding hydrogens is 245 g/mol. The molecule has 0 N–H and O–H groups in total. The molecule has 0 aliphatic rings. The predicted octanol–water partition coefficient (Wildman–Crippen LogP) is 2.45. The lowest BCUT2D eigenvalue weighted by atomic mass is 10.1. The van der Waals surface area contributed by atoms with E-state index in [1.807, 2.05) is 6.07 Å². The van der Waals surface area contributed by atoms with Crippen LogP contribution >= 0.6 is 22.3 Å². The molecule has 0 aromatic heterocycles. The van der Waals surface area contributed by atoms with Crippen molar-refractivity contribution < 1.29 is 8.42 Å². The van der Waals surface area contributed by atoms with Gasteiger partial charge in [0.2, 0.25) is 0 Å². The van der Waals surface area contributed by atoms with Gasteiger partial charge >= 0.3 is 0 Å². The van der Waals surface area contributed by atoms with Crippen molar-refractivity contribution in [3.63, 3.8) is 0 Å². The van der Waals surface area contributed by atoms with Gasteiger partial charge in [0, 0.05) is 10.7 Å². The quantitative estimate of drug-likeness (QED) is 0.719. The zero-order valence-corrected chi connectivity index (χ0v) is 9.41. The zero-order chi connectivity index (χ0) is 10.9. The fraction of sp³-hybridized carbons (Fsp3) is 0.125. The molecule has 0 saturated carbocycles. The molecule has 74 valence electrons. The van der Waals surface area contributed by atoms with Gasteiger partial charge in [-0.25, -0.2) is 8.42 Å². The van der Waals surface area contributed by atoms with E-state index >= 15 is 0 Å². The zero-order valence-electron chi connectivity index (χ0n) is 7.08. The van der Waals surface area contributed by atoms with E-state index in [9.17, 15) is 8.42 Å². The molecule has 0 amide bonds. The first-order valence-electron chi connectivity index (χ1n) is 3.51. The molecule has 0 saturated heterocycles. The molecule has 0 fully saturated rings. The van der Waals surface area contributed by atoms with Gasteiger partial charge in [-0.05, 0) is 24.6 Å². The van der Waals surface area contributed by atoms with Gasteiger partial charge in [0.25, 0.3) is 9.05 Å². The van der Waals surface area contributed by atoms with Crippen LogP contribution in [0.15, 0.2) is 17.0 Å². The molecule has 1 rings (SSSR count). The summed E-state index contributed by atoms with van der Waals surface area (Å²) in [5.74, 6) is 0. The lowest BCUT2D eigenvalue weighted by Gasteiger charge is -2.02. The first-order chi connectivity index (χ1) is 6.36. The number of halogens is 2. The normalized spacial score (nSPS) is 11.0. The summed E-state index contributed by atoms with van der Waals surface area (Å²) in [6.45, 7) is 1.59. The van der Waals surface area contributed by atoms with Gasteiger partial charge in [-0.1, -0.05) is 11.6 Å². The molecule has 0 radical (unpaired) electrons. The van der Waals surface area contributed by atoms with Crippen LogP contribution in [-0.2, 0) is 9.05 Å². The number of nitrogens with zero attached hydrogens (tertiary/aromatic N) is 1. The fourth-order valence-electron chi connectivity index (χ4n) is 0.995. The standard InChI is InChI=1S/C8H5Cl2NO2S/c1-5-2-6(14(10,12)13)3-8(9)7(5)4-11/h2-3H,1H3.